The quantitative estimate of drug-likeness (QED) is 0.0282. The number of aliphatic hydroxyl groups is 1. The fraction of sp³-hybridized carbons (Fsp3) is 0.579. The Morgan fingerprint density at radius 2 is 1.28 bits per heavy atom. The van der Waals surface area contributed by atoms with E-state index in [4.69, 9.17) is 29.3 Å². The van der Waals surface area contributed by atoms with Crippen molar-refractivity contribution < 1.29 is 33.4 Å². The molecule has 0 bridgehead atoms. The summed E-state index contributed by atoms with van der Waals surface area (Å²) in [5.74, 6) is 1.41. The number of rotatable bonds is 28. The molecule has 13 nitrogen and oxygen atoms in total. The van der Waals surface area contributed by atoms with E-state index in [-0.39, 0.29) is 24.4 Å². The molecule has 14 heteroatoms. The molecule has 1 amide bonds. The number of aromatic nitrogens is 2. The number of anilines is 1. The molecule has 1 fully saturated rings. The van der Waals surface area contributed by atoms with Gasteiger partial charge in [-0.1, -0.05) is 173 Å². The van der Waals surface area contributed by atoms with Crippen molar-refractivity contribution in [3.63, 3.8) is 0 Å². The number of methoxy groups -OCH3 is 2. The van der Waals surface area contributed by atoms with Crippen molar-refractivity contribution in [3.8, 4) is 17.6 Å². The zero-order valence-corrected chi connectivity index (χ0v) is 45.5. The van der Waals surface area contributed by atoms with Gasteiger partial charge in [-0.25, -0.2) is 4.79 Å². The van der Waals surface area contributed by atoms with Gasteiger partial charge >= 0.3 is 5.69 Å². The lowest BCUT2D eigenvalue weighted by Gasteiger charge is -2.37. The summed E-state index contributed by atoms with van der Waals surface area (Å²) in [6, 6.07) is 30.6. The van der Waals surface area contributed by atoms with Crippen LogP contribution in [0.4, 0.5) is 5.82 Å². The first kappa shape index (κ1) is 62.4. The highest BCUT2D eigenvalue weighted by Crippen LogP contribution is 2.42. The van der Waals surface area contributed by atoms with E-state index in [2.05, 4.69) is 76.4 Å². The summed E-state index contributed by atoms with van der Waals surface area (Å²) in [6.45, 7) is 13.4. The van der Waals surface area contributed by atoms with Gasteiger partial charge in [-0.05, 0) is 66.3 Å². The predicted octanol–water partition coefficient (Wildman–Crippen LogP) is 12.5. The maximum absolute atomic E-state index is 12.7. The smallest absolute Gasteiger partial charge is 0.351 e. The number of aliphatic hydroxyl groups excluding tert-OH is 1. The molecule has 2 heterocycles. The number of carbonyl (C=O) groups is 1. The summed E-state index contributed by atoms with van der Waals surface area (Å²) < 4.78 is 30.0. The Labute approximate surface area is 429 Å². The molecule has 1 aliphatic heterocycles. The number of nitriles is 1. The molecule has 1 aromatic heterocycles. The molecule has 394 valence electrons. The molecule has 71 heavy (non-hydrogen) atoms. The minimum atomic E-state index is -0.959. The van der Waals surface area contributed by atoms with Crippen LogP contribution in [0.1, 0.15) is 174 Å². The van der Waals surface area contributed by atoms with E-state index in [0.29, 0.717) is 44.6 Å². The van der Waals surface area contributed by atoms with Crippen LogP contribution in [0.5, 0.6) is 11.5 Å². The number of carbonyl (C=O) groups excluding carboxylic acids is 1. The van der Waals surface area contributed by atoms with Crippen LogP contribution in [0.3, 0.4) is 0 Å². The van der Waals surface area contributed by atoms with Gasteiger partial charge in [0.15, 0.2) is 0 Å². The Bertz CT molecular complexity index is 1990. The molecule has 3 atom stereocenters. The second-order valence-electron chi connectivity index (χ2n) is 18.4. The summed E-state index contributed by atoms with van der Waals surface area (Å²) in [4.78, 5) is 27.9. The van der Waals surface area contributed by atoms with E-state index in [1.54, 1.807) is 26.5 Å². The van der Waals surface area contributed by atoms with Crippen molar-refractivity contribution in [1.82, 2.24) is 14.9 Å². The SMILES string of the molecule is CC(C)NC(C)C.CCCCCCCCCCCCCCCCO.COc1ccc(C(OCC2CCC(n3ccc(NC(C)=O)nc3=O)O2)(c2ccccc2)c2ccc(OC)cc2)cc1.N#CCCOP. The van der Waals surface area contributed by atoms with E-state index in [1.807, 2.05) is 72.8 Å². The lowest BCUT2D eigenvalue weighted by Crippen LogP contribution is -2.36. The lowest BCUT2D eigenvalue weighted by atomic mass is 9.80. The predicted molar refractivity (Wildman–Crippen MR) is 291 cm³/mol. The third-order valence-electron chi connectivity index (χ3n) is 11.7. The molecule has 0 spiro atoms. The second-order valence-corrected chi connectivity index (χ2v) is 18.7. The van der Waals surface area contributed by atoms with Gasteiger partial charge < -0.3 is 39.2 Å². The van der Waals surface area contributed by atoms with Gasteiger partial charge in [-0.2, -0.15) is 10.2 Å². The molecule has 0 radical (unpaired) electrons. The zero-order chi connectivity index (χ0) is 52.1. The highest BCUT2D eigenvalue weighted by atomic mass is 31.0. The molecular weight excluding hydrogens is 914 g/mol. The van der Waals surface area contributed by atoms with Crippen LogP contribution in [0.2, 0.25) is 0 Å². The van der Waals surface area contributed by atoms with Crippen LogP contribution in [-0.4, -0.2) is 72.8 Å². The number of ether oxygens (including phenoxy) is 4. The summed E-state index contributed by atoms with van der Waals surface area (Å²) in [5, 5.41) is 22.3. The highest BCUT2D eigenvalue weighted by Gasteiger charge is 2.40. The molecule has 0 aliphatic carbocycles. The average Bonchev–Trinajstić information content (AvgIpc) is 3.84. The van der Waals surface area contributed by atoms with Crippen molar-refractivity contribution in [2.45, 2.75) is 181 Å². The molecule has 3 aromatic carbocycles. The zero-order valence-electron chi connectivity index (χ0n) is 44.3. The van der Waals surface area contributed by atoms with Crippen molar-refractivity contribution >= 4 is 21.2 Å². The van der Waals surface area contributed by atoms with Crippen LogP contribution >= 0.6 is 9.47 Å². The number of hydrogen-bond donors (Lipinski definition) is 3. The van der Waals surface area contributed by atoms with Gasteiger partial charge in [0.1, 0.15) is 29.1 Å². The van der Waals surface area contributed by atoms with Crippen molar-refractivity contribution in [3.05, 3.63) is 118 Å². The van der Waals surface area contributed by atoms with Gasteiger partial charge in [0.25, 0.3) is 0 Å². The maximum atomic E-state index is 12.7. The van der Waals surface area contributed by atoms with Crippen molar-refractivity contribution in [1.29, 1.82) is 5.26 Å². The molecule has 1 saturated heterocycles. The van der Waals surface area contributed by atoms with Gasteiger partial charge in [-0.3, -0.25) is 9.36 Å². The first-order valence-electron chi connectivity index (χ1n) is 25.9. The van der Waals surface area contributed by atoms with E-state index in [9.17, 15) is 9.59 Å². The molecule has 1 aliphatic rings. The number of benzene rings is 3. The first-order chi connectivity index (χ1) is 34.4. The number of unbranched alkanes of at least 4 members (excludes halogenated alkanes) is 13. The Kier molecular flexibility index (Phi) is 33.4. The van der Waals surface area contributed by atoms with Crippen molar-refractivity contribution in [2.75, 3.05) is 39.4 Å². The van der Waals surface area contributed by atoms with Crippen LogP contribution < -0.4 is 25.8 Å². The molecule has 3 N–H and O–H groups in total. The summed E-state index contributed by atoms with van der Waals surface area (Å²) in [6.07, 6.45) is 21.8. The maximum Gasteiger partial charge on any atom is 0.351 e. The van der Waals surface area contributed by atoms with Gasteiger partial charge in [-0.15, -0.1) is 0 Å². The fourth-order valence-corrected chi connectivity index (χ4v) is 8.38. The van der Waals surface area contributed by atoms with E-state index < -0.39 is 17.5 Å². The number of nitrogens with one attached hydrogen (secondary N) is 2. The number of nitrogens with zero attached hydrogens (tertiary/aromatic N) is 3. The monoisotopic (exact) mass is 1000 g/mol. The van der Waals surface area contributed by atoms with Crippen LogP contribution in [-0.2, 0) is 24.4 Å². The summed E-state index contributed by atoms with van der Waals surface area (Å²) >= 11 is 0. The van der Waals surface area contributed by atoms with E-state index in [0.717, 1.165) is 34.6 Å². The van der Waals surface area contributed by atoms with Crippen LogP contribution in [0.15, 0.2) is 95.9 Å². The summed E-state index contributed by atoms with van der Waals surface area (Å²) in [7, 11) is 5.36. The summed E-state index contributed by atoms with van der Waals surface area (Å²) in [5.41, 5.74) is 1.37. The van der Waals surface area contributed by atoms with Gasteiger partial charge in [0, 0.05) is 41.3 Å². The normalized spacial score (nSPS) is 14.0. The average molecular weight is 1000 g/mol. The number of amides is 1. The topological polar surface area (TPSA) is 166 Å². The lowest BCUT2D eigenvalue weighted by molar-refractivity contribution is -0.114. The minimum Gasteiger partial charge on any atom is -0.497 e. The second kappa shape index (κ2) is 38.0. The van der Waals surface area contributed by atoms with E-state index in [1.165, 1.54) is 95.0 Å². The highest BCUT2D eigenvalue weighted by molar-refractivity contribution is 7.09. The largest absolute Gasteiger partial charge is 0.497 e. The van der Waals surface area contributed by atoms with E-state index >= 15 is 0 Å². The minimum absolute atomic E-state index is 0.211. The molecule has 4 aromatic rings. The molecule has 5 rings (SSSR count). The third-order valence-corrected chi connectivity index (χ3v) is 11.9. The molecular formula is C57H88N5O8P. The van der Waals surface area contributed by atoms with Crippen molar-refractivity contribution in [2.24, 2.45) is 0 Å². The number of hydrogen-bond acceptors (Lipinski definition) is 11. The first-order valence-corrected chi connectivity index (χ1v) is 26.4. The Balaban J connectivity index is 0.000000472. The Morgan fingerprint density at radius 3 is 1.68 bits per heavy atom. The molecule has 3 unspecified atom stereocenters. The third kappa shape index (κ3) is 25.0. The van der Waals surface area contributed by atoms with Crippen LogP contribution in [0, 0.1) is 11.3 Å². The Hall–Kier alpha value is -4.67. The van der Waals surface area contributed by atoms with Gasteiger partial charge in [0.05, 0.1) is 46.0 Å². The van der Waals surface area contributed by atoms with Crippen LogP contribution in [0.25, 0.3) is 0 Å². The standard InChI is InChI=1S/C32H33N3O6.C16H34O.C6H15N.C3H6NOP/c1-22(36)33-29-19-20-35(31(37)34-29)30-18-17-28(41-30)21-40-32(23-7-5-4-6-8-23,24-9-13-26(38-2)14-10-24)25-11-15-27(39-3)16-12-25;1-2-3-4-5-6-7-8-9-10-11-12-13-14-15-16-17;1-5(2)7-6(3)4;4-2-1-3-5-6/h4-16,19-20,28,30H,17-18,21H2,1-3H3,(H,33,34,36,37);17H,2-16H2,1H3;5-7H,1-4H3;1,3,6H2. The fourth-order valence-electron chi connectivity index (χ4n) is 8.27. The Morgan fingerprint density at radius 1 is 0.789 bits per heavy atom. The molecule has 0 saturated carbocycles. The van der Waals surface area contributed by atoms with Gasteiger partial charge in [0.2, 0.25) is 5.91 Å².